The third-order valence-electron chi connectivity index (χ3n) is 10.2. The SMILES string of the molecule is CC[C@]1([C@]2(O)CCC3[C@H]4C=CC5=CC(=O)CC[C@]5(C)[C@@H]4CC[C@@]32C)OC(=O)CC(O)C1=O.[H-].[K+]. The Morgan fingerprint density at radius 3 is 2.52 bits per heavy atom. The minimum absolute atomic E-state index is 0. The summed E-state index contributed by atoms with van der Waals surface area (Å²) in [6.07, 6.45) is 8.59. The number of hydrogen-bond donors (Lipinski definition) is 2. The van der Waals surface area contributed by atoms with Crippen LogP contribution < -0.4 is 51.4 Å². The molecule has 0 aromatic rings. The number of esters is 1. The number of ketones is 2. The van der Waals surface area contributed by atoms with Gasteiger partial charge < -0.3 is 16.4 Å². The molecule has 7 heteroatoms. The first-order valence-electron chi connectivity index (χ1n) is 12.1. The van der Waals surface area contributed by atoms with Gasteiger partial charge in [0.15, 0.2) is 5.78 Å². The molecule has 3 fully saturated rings. The van der Waals surface area contributed by atoms with Crippen LogP contribution in [-0.2, 0) is 19.1 Å². The number of cyclic esters (lactones) is 1. The van der Waals surface area contributed by atoms with E-state index in [9.17, 15) is 24.6 Å². The number of fused-ring (bicyclic) bond motifs is 5. The van der Waals surface area contributed by atoms with Gasteiger partial charge in [0.2, 0.25) is 11.4 Å². The standard InChI is InChI=1S/C26H34O6.K.H/c1-4-25(22(30)20(28)14-21(29)32-25)26(31)12-9-19-17-6-5-15-13-16(27)7-10-23(15,2)18(17)8-11-24(19,26)3;;/h5-6,13,17-20,28,31H,4,7-12,14H2,1-3H3;;/q;+1;-1/t17-,18+,19?,20?,23-,24-,25-,26-;;/m0../s1. The summed E-state index contributed by atoms with van der Waals surface area (Å²) in [5.41, 5.74) is -2.78. The van der Waals surface area contributed by atoms with Crippen molar-refractivity contribution in [3.63, 3.8) is 0 Å². The van der Waals surface area contributed by atoms with E-state index in [0.29, 0.717) is 25.2 Å². The zero-order valence-corrected chi connectivity index (χ0v) is 23.3. The number of allylic oxidation sites excluding steroid dienone is 4. The van der Waals surface area contributed by atoms with Crippen molar-refractivity contribution in [1.82, 2.24) is 0 Å². The van der Waals surface area contributed by atoms with Gasteiger partial charge in [-0.25, -0.2) is 0 Å². The van der Waals surface area contributed by atoms with E-state index in [-0.39, 0.29) is 88.7 Å². The molecular weight excluding hydrogens is 447 g/mol. The van der Waals surface area contributed by atoms with Crippen molar-refractivity contribution in [2.75, 3.05) is 0 Å². The number of ether oxygens (including phenoxy) is 1. The first-order chi connectivity index (χ1) is 15.0. The normalized spacial score (nSPS) is 48.8. The number of hydrogen-bond acceptors (Lipinski definition) is 6. The molecule has 0 bridgehead atoms. The average Bonchev–Trinajstić information content (AvgIpc) is 3.03. The summed E-state index contributed by atoms with van der Waals surface area (Å²) in [6, 6.07) is 0. The van der Waals surface area contributed by atoms with Gasteiger partial charge in [0.05, 0.1) is 6.42 Å². The van der Waals surface area contributed by atoms with E-state index in [4.69, 9.17) is 4.74 Å². The molecule has 5 aliphatic rings. The molecule has 33 heavy (non-hydrogen) atoms. The van der Waals surface area contributed by atoms with Crippen LogP contribution in [0.5, 0.6) is 0 Å². The van der Waals surface area contributed by atoms with Gasteiger partial charge in [-0.05, 0) is 73.3 Å². The Morgan fingerprint density at radius 2 is 1.82 bits per heavy atom. The van der Waals surface area contributed by atoms with Gasteiger partial charge in [-0.1, -0.05) is 32.9 Å². The zero-order chi connectivity index (χ0) is 23.1. The van der Waals surface area contributed by atoms with E-state index in [1.807, 2.05) is 13.0 Å². The Labute approximate surface area is 239 Å². The van der Waals surface area contributed by atoms with Crippen LogP contribution in [0.1, 0.15) is 73.6 Å². The Balaban J connectivity index is 0.00000162. The molecule has 2 saturated carbocycles. The van der Waals surface area contributed by atoms with E-state index in [1.165, 1.54) is 0 Å². The maximum atomic E-state index is 13.2. The third kappa shape index (κ3) is 3.29. The molecular formula is C26H35KO6. The molecule has 0 aromatic heterocycles. The number of aliphatic hydroxyl groups excluding tert-OH is 1. The molecule has 176 valence electrons. The smallest absolute Gasteiger partial charge is 1.00 e. The fraction of sp³-hybridized carbons (Fsp3) is 0.731. The molecule has 2 unspecified atom stereocenters. The van der Waals surface area contributed by atoms with E-state index in [0.717, 1.165) is 24.8 Å². The largest absolute Gasteiger partial charge is 1.00 e. The van der Waals surface area contributed by atoms with E-state index < -0.39 is 34.5 Å². The summed E-state index contributed by atoms with van der Waals surface area (Å²) in [4.78, 5) is 37.6. The van der Waals surface area contributed by atoms with Crippen LogP contribution in [-0.4, -0.2) is 45.1 Å². The van der Waals surface area contributed by atoms with Gasteiger partial charge >= 0.3 is 57.4 Å². The maximum Gasteiger partial charge on any atom is 1.00 e. The van der Waals surface area contributed by atoms with Crippen molar-refractivity contribution in [3.8, 4) is 0 Å². The van der Waals surface area contributed by atoms with Crippen LogP contribution in [0.4, 0.5) is 0 Å². The molecule has 1 aliphatic heterocycles. The second-order valence-electron chi connectivity index (χ2n) is 11.2. The first kappa shape index (κ1) is 25.9. The molecule has 0 aromatic carbocycles. The molecule has 0 spiro atoms. The molecule has 8 atom stereocenters. The summed E-state index contributed by atoms with van der Waals surface area (Å²) < 4.78 is 5.70. The summed E-state index contributed by atoms with van der Waals surface area (Å²) in [5.74, 6) is -0.260. The number of carbonyl (C=O) groups excluding carboxylic acids is 3. The molecule has 0 radical (unpaired) electrons. The Bertz CT molecular complexity index is 963. The van der Waals surface area contributed by atoms with Crippen molar-refractivity contribution in [3.05, 3.63) is 23.8 Å². The fourth-order valence-corrected chi connectivity index (χ4v) is 8.31. The summed E-state index contributed by atoms with van der Waals surface area (Å²) in [5, 5.41) is 22.6. The van der Waals surface area contributed by atoms with Gasteiger partial charge in [-0.15, -0.1) is 0 Å². The van der Waals surface area contributed by atoms with Crippen molar-refractivity contribution in [1.29, 1.82) is 0 Å². The summed E-state index contributed by atoms with van der Waals surface area (Å²) in [6.45, 7) is 6.07. The molecule has 6 nitrogen and oxygen atoms in total. The number of rotatable bonds is 2. The topological polar surface area (TPSA) is 101 Å². The molecule has 4 aliphatic carbocycles. The van der Waals surface area contributed by atoms with Crippen molar-refractivity contribution >= 4 is 17.5 Å². The average molecular weight is 483 g/mol. The number of Topliss-reactive ketones (excluding diaryl/α,β-unsaturated/α-hetero) is 1. The van der Waals surface area contributed by atoms with Crippen LogP contribution in [0, 0.1) is 28.6 Å². The van der Waals surface area contributed by atoms with Crippen LogP contribution in [0.3, 0.4) is 0 Å². The molecule has 1 heterocycles. The van der Waals surface area contributed by atoms with E-state index in [1.54, 1.807) is 6.92 Å². The van der Waals surface area contributed by atoms with Crippen LogP contribution in [0.25, 0.3) is 0 Å². The summed E-state index contributed by atoms with van der Waals surface area (Å²) >= 11 is 0. The van der Waals surface area contributed by atoms with Crippen molar-refractivity contribution in [2.24, 2.45) is 28.6 Å². The first-order valence-corrected chi connectivity index (χ1v) is 12.1. The van der Waals surface area contributed by atoms with E-state index >= 15 is 0 Å². The molecule has 2 N–H and O–H groups in total. The van der Waals surface area contributed by atoms with Crippen molar-refractivity contribution < 1.29 is 82.1 Å². The third-order valence-corrected chi connectivity index (χ3v) is 10.2. The van der Waals surface area contributed by atoms with Gasteiger partial charge in [-0.2, -0.15) is 0 Å². The minimum atomic E-state index is -1.71. The van der Waals surface area contributed by atoms with Crippen LogP contribution in [0.2, 0.25) is 0 Å². The predicted octanol–water partition coefficient (Wildman–Crippen LogP) is 0.168. The zero-order valence-electron chi connectivity index (χ0n) is 21.2. The molecule has 1 saturated heterocycles. The van der Waals surface area contributed by atoms with Gasteiger partial charge in [-0.3, -0.25) is 14.4 Å². The van der Waals surface area contributed by atoms with Gasteiger partial charge in [0.25, 0.3) is 0 Å². The monoisotopic (exact) mass is 482 g/mol. The second kappa shape index (κ2) is 8.46. The number of carbonyl (C=O) groups is 3. The van der Waals surface area contributed by atoms with Crippen molar-refractivity contribution in [2.45, 2.75) is 89.4 Å². The molecule has 5 rings (SSSR count). The fourth-order valence-electron chi connectivity index (χ4n) is 8.31. The Morgan fingerprint density at radius 1 is 1.12 bits per heavy atom. The quantitative estimate of drug-likeness (QED) is 0.430. The van der Waals surface area contributed by atoms with Gasteiger partial charge in [0, 0.05) is 11.8 Å². The number of aliphatic hydroxyl groups is 2. The predicted molar refractivity (Wildman–Crippen MR) is 117 cm³/mol. The molecule has 0 amide bonds. The van der Waals surface area contributed by atoms with Crippen LogP contribution in [0.15, 0.2) is 23.8 Å². The van der Waals surface area contributed by atoms with E-state index in [2.05, 4.69) is 19.1 Å². The van der Waals surface area contributed by atoms with Gasteiger partial charge in [0.1, 0.15) is 11.7 Å². The second-order valence-corrected chi connectivity index (χ2v) is 11.2. The Hall–Kier alpha value is -0.154. The maximum absolute atomic E-state index is 13.2. The summed E-state index contributed by atoms with van der Waals surface area (Å²) in [7, 11) is 0. The van der Waals surface area contributed by atoms with Crippen LogP contribution >= 0.6 is 0 Å². The minimum Gasteiger partial charge on any atom is -1.00 e. The Kier molecular flexibility index (Phi) is 6.65.